The van der Waals surface area contributed by atoms with Gasteiger partial charge in [-0.2, -0.15) is 15.0 Å². The van der Waals surface area contributed by atoms with Crippen molar-refractivity contribution in [3.05, 3.63) is 29.6 Å². The third kappa shape index (κ3) is 5.33. The summed E-state index contributed by atoms with van der Waals surface area (Å²) in [7, 11) is -2.25. The van der Waals surface area contributed by atoms with E-state index in [1.807, 2.05) is 13.8 Å². The van der Waals surface area contributed by atoms with Gasteiger partial charge in [0.15, 0.2) is 5.82 Å². The van der Waals surface area contributed by atoms with Gasteiger partial charge in [-0.3, -0.25) is 0 Å². The maximum atomic E-state index is 12.7. The Kier molecular flexibility index (Phi) is 6.86. The number of ether oxygens (including phenoxy) is 2. The predicted octanol–water partition coefficient (Wildman–Crippen LogP) is 2.06. The Labute approximate surface area is 171 Å². The maximum absolute atomic E-state index is 12.7. The van der Waals surface area contributed by atoms with Crippen molar-refractivity contribution in [2.45, 2.75) is 44.6 Å². The molecule has 158 valence electrons. The van der Waals surface area contributed by atoms with E-state index in [1.165, 1.54) is 19.6 Å². The first-order chi connectivity index (χ1) is 13.9. The molecule has 0 atom stereocenters. The van der Waals surface area contributed by atoms with Gasteiger partial charge in [0.2, 0.25) is 16.0 Å². The van der Waals surface area contributed by atoms with Gasteiger partial charge in [0.1, 0.15) is 5.75 Å². The third-order valence-corrected chi connectivity index (χ3v) is 6.05. The number of aromatic nitrogens is 3. The van der Waals surface area contributed by atoms with Crippen molar-refractivity contribution in [1.29, 1.82) is 0 Å². The van der Waals surface area contributed by atoms with Crippen LogP contribution in [-0.4, -0.2) is 50.2 Å². The lowest BCUT2D eigenvalue weighted by molar-refractivity contribution is 0.337. The normalized spacial score (nSPS) is 14.7. The summed E-state index contributed by atoms with van der Waals surface area (Å²) < 4.78 is 38.6. The summed E-state index contributed by atoms with van der Waals surface area (Å²) in [6.07, 6.45) is 3.34. The van der Waals surface area contributed by atoms with E-state index in [0.717, 1.165) is 31.5 Å². The summed E-state index contributed by atoms with van der Waals surface area (Å²) in [5.41, 5.74) is 0.754. The molecule has 0 bridgehead atoms. The zero-order valence-corrected chi connectivity index (χ0v) is 17.8. The molecule has 2 heterocycles. The van der Waals surface area contributed by atoms with Gasteiger partial charge in [-0.1, -0.05) is 0 Å². The summed E-state index contributed by atoms with van der Waals surface area (Å²) in [5.74, 6) is 1.49. The Bertz CT molecular complexity index is 946. The number of anilines is 1. The zero-order chi connectivity index (χ0) is 20.9. The average molecular weight is 422 g/mol. The molecule has 1 N–H and O–H groups in total. The van der Waals surface area contributed by atoms with Crippen molar-refractivity contribution in [2.75, 3.05) is 31.7 Å². The number of hydrogen-bond acceptors (Lipinski definition) is 8. The fraction of sp³-hybridized carbons (Fsp3) is 0.526. The first-order valence-corrected chi connectivity index (χ1v) is 11.2. The van der Waals surface area contributed by atoms with Crippen LogP contribution in [0, 0.1) is 6.92 Å². The summed E-state index contributed by atoms with van der Waals surface area (Å²) in [5, 5.41) is 0. The van der Waals surface area contributed by atoms with Gasteiger partial charge in [0.25, 0.3) is 0 Å². The van der Waals surface area contributed by atoms with Gasteiger partial charge in [0.05, 0.1) is 25.2 Å². The van der Waals surface area contributed by atoms with Crippen molar-refractivity contribution in [1.82, 2.24) is 19.7 Å². The molecule has 29 heavy (non-hydrogen) atoms. The number of sulfonamides is 1. The van der Waals surface area contributed by atoms with Crippen molar-refractivity contribution < 1.29 is 17.9 Å². The van der Waals surface area contributed by atoms with Gasteiger partial charge >= 0.3 is 6.01 Å². The van der Waals surface area contributed by atoms with Gasteiger partial charge in [-0.15, -0.1) is 0 Å². The highest BCUT2D eigenvalue weighted by molar-refractivity contribution is 7.89. The van der Waals surface area contributed by atoms with Gasteiger partial charge in [-0.25, -0.2) is 13.1 Å². The van der Waals surface area contributed by atoms with Crippen LogP contribution in [0.4, 0.5) is 5.95 Å². The Hall–Kier alpha value is -2.46. The van der Waals surface area contributed by atoms with E-state index in [0.29, 0.717) is 24.1 Å². The van der Waals surface area contributed by atoms with Crippen LogP contribution >= 0.6 is 0 Å². The van der Waals surface area contributed by atoms with E-state index in [-0.39, 0.29) is 17.5 Å². The molecule has 2 aromatic rings. The van der Waals surface area contributed by atoms with Crippen LogP contribution in [0.15, 0.2) is 23.1 Å². The molecule has 9 nitrogen and oxygen atoms in total. The molecule has 0 unspecified atom stereocenters. The number of nitrogens with zero attached hydrogens (tertiary/aromatic N) is 4. The first-order valence-electron chi connectivity index (χ1n) is 9.70. The highest BCUT2D eigenvalue weighted by Crippen LogP contribution is 2.22. The topological polar surface area (TPSA) is 107 Å². The van der Waals surface area contributed by atoms with Crippen LogP contribution in [0.2, 0.25) is 0 Å². The summed E-state index contributed by atoms with van der Waals surface area (Å²) >= 11 is 0. The van der Waals surface area contributed by atoms with Crippen LogP contribution in [0.5, 0.6) is 11.8 Å². The van der Waals surface area contributed by atoms with E-state index in [9.17, 15) is 8.42 Å². The van der Waals surface area contributed by atoms with E-state index >= 15 is 0 Å². The number of aryl methyl sites for hydroxylation is 1. The second kappa shape index (κ2) is 9.36. The van der Waals surface area contributed by atoms with Crippen LogP contribution in [0.1, 0.15) is 37.6 Å². The lowest BCUT2D eigenvalue weighted by Crippen LogP contribution is -2.32. The number of piperidine rings is 1. The molecular weight excluding hydrogens is 394 g/mol. The smallest absolute Gasteiger partial charge is 0.321 e. The first kappa shape index (κ1) is 21.3. The Morgan fingerprint density at radius 1 is 1.14 bits per heavy atom. The van der Waals surface area contributed by atoms with E-state index in [2.05, 4.69) is 24.6 Å². The minimum absolute atomic E-state index is 0.0612. The van der Waals surface area contributed by atoms with E-state index < -0.39 is 10.0 Å². The van der Waals surface area contributed by atoms with Gasteiger partial charge in [0, 0.05) is 13.1 Å². The Morgan fingerprint density at radius 2 is 1.90 bits per heavy atom. The van der Waals surface area contributed by atoms with Crippen LogP contribution < -0.4 is 19.1 Å². The molecule has 1 aromatic carbocycles. The molecule has 1 aliphatic heterocycles. The van der Waals surface area contributed by atoms with Crippen molar-refractivity contribution in [2.24, 2.45) is 0 Å². The minimum Gasteiger partial charge on any atom is -0.494 e. The number of hydrogen-bond donors (Lipinski definition) is 1. The summed E-state index contributed by atoms with van der Waals surface area (Å²) in [4.78, 5) is 15.2. The molecule has 3 rings (SSSR count). The number of methoxy groups -OCH3 is 1. The highest BCUT2D eigenvalue weighted by atomic mass is 32.2. The van der Waals surface area contributed by atoms with Crippen LogP contribution in [0.3, 0.4) is 0 Å². The molecule has 10 heteroatoms. The Balaban J connectivity index is 1.76. The van der Waals surface area contributed by atoms with Crippen molar-refractivity contribution >= 4 is 16.0 Å². The molecule has 0 amide bonds. The monoisotopic (exact) mass is 421 g/mol. The molecule has 1 aliphatic rings. The average Bonchev–Trinajstić information content (AvgIpc) is 2.74. The second-order valence-electron chi connectivity index (χ2n) is 6.77. The summed E-state index contributed by atoms with van der Waals surface area (Å²) in [6.45, 7) is 5.88. The number of benzene rings is 1. The molecule has 1 saturated heterocycles. The maximum Gasteiger partial charge on any atom is 0.321 e. The van der Waals surface area contributed by atoms with E-state index in [4.69, 9.17) is 9.47 Å². The molecule has 0 radical (unpaired) electrons. The fourth-order valence-corrected chi connectivity index (χ4v) is 4.21. The SMILES string of the molecule is CCOc1ccc(S(=O)(=O)NCc2nc(OC)nc(N3CCCCC3)n2)cc1C. The minimum atomic E-state index is -3.73. The molecule has 1 aromatic heterocycles. The lowest BCUT2D eigenvalue weighted by atomic mass is 10.1. The molecule has 1 fully saturated rings. The second-order valence-corrected chi connectivity index (χ2v) is 8.54. The quantitative estimate of drug-likeness (QED) is 0.690. The van der Waals surface area contributed by atoms with Gasteiger partial charge < -0.3 is 14.4 Å². The lowest BCUT2D eigenvalue weighted by Gasteiger charge is -2.26. The van der Waals surface area contributed by atoms with Crippen molar-refractivity contribution in [3.8, 4) is 11.8 Å². The van der Waals surface area contributed by atoms with Gasteiger partial charge in [-0.05, 0) is 56.9 Å². The van der Waals surface area contributed by atoms with E-state index in [1.54, 1.807) is 12.1 Å². The van der Waals surface area contributed by atoms with Crippen LogP contribution in [0.25, 0.3) is 0 Å². The summed E-state index contributed by atoms with van der Waals surface area (Å²) in [6, 6.07) is 4.94. The predicted molar refractivity (Wildman–Crippen MR) is 109 cm³/mol. The van der Waals surface area contributed by atoms with Crippen molar-refractivity contribution in [3.63, 3.8) is 0 Å². The third-order valence-electron chi connectivity index (χ3n) is 4.65. The standard InChI is InChI=1S/C19H27N5O4S/c1-4-28-16-9-8-15(12-14(16)2)29(25,26)20-13-17-21-18(23-19(22-17)27-3)24-10-6-5-7-11-24/h8-9,12,20H,4-7,10-11,13H2,1-3H3. The fourth-order valence-electron chi connectivity index (χ4n) is 3.14. The molecule has 0 aliphatic carbocycles. The largest absolute Gasteiger partial charge is 0.494 e. The molecular formula is C19H27N5O4S. The number of rotatable bonds is 8. The highest BCUT2D eigenvalue weighted by Gasteiger charge is 2.19. The zero-order valence-electron chi connectivity index (χ0n) is 17.0. The number of nitrogens with one attached hydrogen (secondary N) is 1. The van der Waals surface area contributed by atoms with Crippen LogP contribution in [-0.2, 0) is 16.6 Å². The molecule has 0 saturated carbocycles. The Morgan fingerprint density at radius 3 is 2.55 bits per heavy atom. The molecule has 0 spiro atoms.